The third-order valence-corrected chi connectivity index (χ3v) is 1.39. The number of nitrogens with two attached hydrogens (primary N) is 1. The van der Waals surface area contributed by atoms with Crippen LogP contribution >= 0.6 is 11.8 Å². The summed E-state index contributed by atoms with van der Waals surface area (Å²) in [5.74, 6) is 0.968. The molecule has 5 nitrogen and oxygen atoms in total. The lowest BCUT2D eigenvalue weighted by Crippen LogP contribution is -2.03. The van der Waals surface area contributed by atoms with Crippen molar-refractivity contribution in [1.29, 1.82) is 5.41 Å². The first kappa shape index (κ1) is 13.1. The van der Waals surface area contributed by atoms with Crippen LogP contribution in [0.25, 0.3) is 0 Å². The second-order valence-corrected chi connectivity index (χ2v) is 2.96. The van der Waals surface area contributed by atoms with Gasteiger partial charge in [0.25, 0.3) is 0 Å². The van der Waals surface area contributed by atoms with Gasteiger partial charge in [0.15, 0.2) is 5.17 Å². The summed E-state index contributed by atoms with van der Waals surface area (Å²) < 4.78 is 25.3. The summed E-state index contributed by atoms with van der Waals surface area (Å²) in [6, 6.07) is 0. The number of amidine groups is 1. The fourth-order valence-electron chi connectivity index (χ4n) is 0.212. The van der Waals surface area contributed by atoms with Gasteiger partial charge < -0.3 is 5.73 Å². The highest BCUT2D eigenvalue weighted by Crippen LogP contribution is 1.97. The van der Waals surface area contributed by atoms with E-state index in [1.165, 1.54) is 11.8 Å². The van der Waals surface area contributed by atoms with Crippen LogP contribution in [0, 0.1) is 5.41 Å². The summed E-state index contributed by atoms with van der Waals surface area (Å²) in [5.41, 5.74) is 5.02. The van der Waals surface area contributed by atoms with E-state index in [9.17, 15) is 0 Å². The molecule has 0 unspecified atom stereocenters. The maximum absolute atomic E-state index is 8.44. The Morgan fingerprint density at radius 2 is 1.91 bits per heavy atom. The van der Waals surface area contributed by atoms with Crippen LogP contribution in [0.1, 0.15) is 13.3 Å². The Balaban J connectivity index is 0. The maximum atomic E-state index is 8.44. The normalized spacial score (nSPS) is 7.73. The van der Waals surface area contributed by atoms with Crippen molar-refractivity contribution >= 4 is 27.5 Å². The van der Waals surface area contributed by atoms with Crippen LogP contribution in [0.3, 0.4) is 0 Å². The second kappa shape index (κ2) is 9.44. The molecule has 0 aliphatic heterocycles. The molecule has 0 aromatic heterocycles. The summed E-state index contributed by atoms with van der Waals surface area (Å²) in [5, 5.41) is 6.96. The van der Waals surface area contributed by atoms with Crippen LogP contribution in [0.4, 0.5) is 0 Å². The molecular weight excluding hydrogens is 188 g/mol. The highest BCUT2D eigenvalue weighted by molar-refractivity contribution is 8.13. The zero-order chi connectivity index (χ0) is 9.28. The van der Waals surface area contributed by atoms with E-state index in [2.05, 4.69) is 6.92 Å². The van der Waals surface area contributed by atoms with Gasteiger partial charge in [-0.05, 0) is 6.42 Å². The van der Waals surface area contributed by atoms with E-state index in [-0.39, 0.29) is 5.17 Å². The minimum atomic E-state index is -3.11. The van der Waals surface area contributed by atoms with E-state index in [1.807, 2.05) is 0 Å². The Labute approximate surface area is 70.9 Å². The predicted molar refractivity (Wildman–Crippen MR) is 44.4 cm³/mol. The molecule has 0 fully saturated rings. The first-order valence-corrected chi connectivity index (χ1v) is 4.72. The van der Waals surface area contributed by atoms with Crippen LogP contribution in [0.5, 0.6) is 0 Å². The Hall–Kier alpha value is -0.560. The Kier molecular flexibility index (Phi) is 11.2. The average Bonchev–Trinajstić information content (AvgIpc) is 1.82. The molecule has 0 bridgehead atoms. The van der Waals surface area contributed by atoms with Gasteiger partial charge in [-0.2, -0.15) is 0 Å². The average molecular weight is 198 g/mol. The van der Waals surface area contributed by atoms with E-state index < -0.39 is 10.6 Å². The quantitative estimate of drug-likeness (QED) is 0.481. The molecule has 0 spiro atoms. The molecule has 0 saturated carbocycles. The third kappa shape index (κ3) is 44.2. The minimum Gasteiger partial charge on any atom is -0.379 e. The lowest BCUT2D eigenvalue weighted by molar-refractivity contribution is 0.559. The number of hydrogen-bond acceptors (Lipinski definition) is 5. The molecule has 0 aromatic carbocycles. The van der Waals surface area contributed by atoms with Crippen molar-refractivity contribution in [2.24, 2.45) is 5.73 Å². The zero-order valence-electron chi connectivity index (χ0n) is 6.03. The molecule has 0 saturated heterocycles. The van der Waals surface area contributed by atoms with Crippen molar-refractivity contribution in [2.75, 3.05) is 5.75 Å². The molecule has 0 aromatic rings. The van der Waals surface area contributed by atoms with Gasteiger partial charge in [-0.25, -0.2) is 0 Å². The molecule has 0 amide bonds. The van der Waals surface area contributed by atoms with Crippen molar-refractivity contribution < 1.29 is 12.6 Å². The minimum absolute atomic E-state index is 0.224. The SMILES string of the molecule is CCCSC(=N)N.O=S(=O)=O. The van der Waals surface area contributed by atoms with Crippen LogP contribution in [-0.2, 0) is 10.6 Å². The van der Waals surface area contributed by atoms with E-state index in [0.717, 1.165) is 12.2 Å². The molecule has 0 atom stereocenters. The molecule has 7 heteroatoms. The van der Waals surface area contributed by atoms with Gasteiger partial charge in [0, 0.05) is 5.75 Å². The first-order valence-electron chi connectivity index (χ1n) is 2.74. The van der Waals surface area contributed by atoms with Crippen molar-refractivity contribution in [1.82, 2.24) is 0 Å². The largest absolute Gasteiger partial charge is 0.425 e. The molecule has 66 valence electrons. The van der Waals surface area contributed by atoms with E-state index >= 15 is 0 Å². The first-order chi connectivity index (χ1) is 5.00. The summed E-state index contributed by atoms with van der Waals surface area (Å²) in [7, 11) is -3.11. The summed E-state index contributed by atoms with van der Waals surface area (Å²) in [6.45, 7) is 2.07. The molecule has 0 rings (SSSR count). The van der Waals surface area contributed by atoms with Gasteiger partial charge in [0.2, 0.25) is 0 Å². The van der Waals surface area contributed by atoms with Crippen LogP contribution in [0.2, 0.25) is 0 Å². The number of rotatable bonds is 2. The number of nitrogens with one attached hydrogen (secondary N) is 1. The van der Waals surface area contributed by atoms with E-state index in [4.69, 9.17) is 23.8 Å². The van der Waals surface area contributed by atoms with Gasteiger partial charge in [-0.1, -0.05) is 18.7 Å². The standard InChI is InChI=1S/C4H10N2S.O3S/c1-2-3-7-4(5)6;1-4(2)3/h2-3H2,1H3,(H3,5,6);. The summed E-state index contributed by atoms with van der Waals surface area (Å²) >= 11 is 1.39. The fraction of sp³-hybridized carbons (Fsp3) is 0.750. The van der Waals surface area contributed by atoms with Gasteiger partial charge in [0.05, 0.1) is 0 Å². The molecular formula is C4H10N2O3S2. The number of thioether (sulfide) groups is 1. The monoisotopic (exact) mass is 198 g/mol. The Morgan fingerprint density at radius 3 is 2.00 bits per heavy atom. The van der Waals surface area contributed by atoms with Crippen molar-refractivity contribution in [3.8, 4) is 0 Å². The van der Waals surface area contributed by atoms with Crippen molar-refractivity contribution in [3.63, 3.8) is 0 Å². The molecule has 11 heavy (non-hydrogen) atoms. The topological polar surface area (TPSA) is 101 Å². The third-order valence-electron chi connectivity index (χ3n) is 0.462. The van der Waals surface area contributed by atoms with Crippen LogP contribution in [-0.4, -0.2) is 23.5 Å². The van der Waals surface area contributed by atoms with Gasteiger partial charge in [0.1, 0.15) is 0 Å². The highest BCUT2D eigenvalue weighted by Gasteiger charge is 1.84. The molecule has 0 heterocycles. The Morgan fingerprint density at radius 1 is 1.55 bits per heavy atom. The van der Waals surface area contributed by atoms with Gasteiger partial charge in [-0.15, -0.1) is 12.6 Å². The second-order valence-electron chi connectivity index (χ2n) is 1.42. The van der Waals surface area contributed by atoms with E-state index in [1.54, 1.807) is 0 Å². The van der Waals surface area contributed by atoms with Crippen molar-refractivity contribution in [2.45, 2.75) is 13.3 Å². The summed E-state index contributed by atoms with van der Waals surface area (Å²) in [6.07, 6.45) is 1.09. The van der Waals surface area contributed by atoms with E-state index in [0.29, 0.717) is 0 Å². The molecule has 0 radical (unpaired) electrons. The van der Waals surface area contributed by atoms with Crippen LogP contribution in [0.15, 0.2) is 0 Å². The van der Waals surface area contributed by atoms with Crippen LogP contribution < -0.4 is 5.73 Å². The zero-order valence-corrected chi connectivity index (χ0v) is 7.67. The maximum Gasteiger partial charge on any atom is 0.425 e. The van der Waals surface area contributed by atoms with Gasteiger partial charge in [-0.3, -0.25) is 5.41 Å². The lowest BCUT2D eigenvalue weighted by Gasteiger charge is -1.90. The molecule has 3 N–H and O–H groups in total. The fourth-order valence-corrected chi connectivity index (χ4v) is 0.636. The molecule has 0 aliphatic carbocycles. The summed E-state index contributed by atoms with van der Waals surface area (Å²) in [4.78, 5) is 0. The highest BCUT2D eigenvalue weighted by atomic mass is 32.2. The number of hydrogen-bond donors (Lipinski definition) is 2. The Bertz CT molecular complexity index is 190. The van der Waals surface area contributed by atoms with Gasteiger partial charge >= 0.3 is 10.6 Å². The van der Waals surface area contributed by atoms with Crippen molar-refractivity contribution in [3.05, 3.63) is 0 Å². The predicted octanol–water partition coefficient (Wildman–Crippen LogP) is 0.0190. The molecule has 0 aliphatic rings. The smallest absolute Gasteiger partial charge is 0.379 e. The lowest BCUT2D eigenvalue weighted by atomic mass is 10.6.